The quantitative estimate of drug-likeness (QED) is 0.748. The first-order chi connectivity index (χ1) is 7.40. The third-order valence-corrected chi connectivity index (χ3v) is 2.98. The summed E-state index contributed by atoms with van der Waals surface area (Å²) in [6, 6.07) is 8.84. The van der Waals surface area contributed by atoms with Crippen LogP contribution in [0.15, 0.2) is 24.3 Å². The highest BCUT2D eigenvalue weighted by Gasteiger charge is 2.11. The van der Waals surface area contributed by atoms with E-state index < -0.39 is 0 Å². The highest BCUT2D eigenvalue weighted by atomic mass is 16.5. The van der Waals surface area contributed by atoms with E-state index in [1.165, 1.54) is 37.2 Å². The van der Waals surface area contributed by atoms with Crippen LogP contribution in [0.2, 0.25) is 0 Å². The maximum absolute atomic E-state index is 5.10. The molecule has 0 spiro atoms. The third-order valence-electron chi connectivity index (χ3n) is 2.98. The fraction of sp³-hybridized carbons (Fsp3) is 0.538. The number of methoxy groups -OCH3 is 1. The topological polar surface area (TPSA) is 12.5 Å². The number of hydrogen-bond acceptors (Lipinski definition) is 2. The SMILES string of the molecule is COCCc1cccc(N2CCCC2)c1. The average molecular weight is 205 g/mol. The molecule has 2 heteroatoms. The number of ether oxygens (including phenoxy) is 1. The monoisotopic (exact) mass is 205 g/mol. The van der Waals surface area contributed by atoms with Gasteiger partial charge in [0.2, 0.25) is 0 Å². The van der Waals surface area contributed by atoms with Gasteiger partial charge in [0.15, 0.2) is 0 Å². The molecular weight excluding hydrogens is 186 g/mol. The Bertz CT molecular complexity index is 305. The van der Waals surface area contributed by atoms with Crippen molar-refractivity contribution in [1.29, 1.82) is 0 Å². The Kier molecular flexibility index (Phi) is 3.62. The van der Waals surface area contributed by atoms with Gasteiger partial charge in [0.05, 0.1) is 6.61 Å². The largest absolute Gasteiger partial charge is 0.384 e. The molecule has 1 aliphatic heterocycles. The van der Waals surface area contributed by atoms with Gasteiger partial charge in [0, 0.05) is 25.9 Å². The van der Waals surface area contributed by atoms with Crippen LogP contribution in [-0.4, -0.2) is 26.8 Å². The Labute approximate surface area is 91.9 Å². The fourth-order valence-corrected chi connectivity index (χ4v) is 2.10. The first-order valence-corrected chi connectivity index (χ1v) is 5.73. The van der Waals surface area contributed by atoms with Crippen molar-refractivity contribution >= 4 is 5.69 Å². The van der Waals surface area contributed by atoms with Crippen LogP contribution in [0.4, 0.5) is 5.69 Å². The molecule has 1 fully saturated rings. The van der Waals surface area contributed by atoms with Gasteiger partial charge in [-0.1, -0.05) is 12.1 Å². The Hall–Kier alpha value is -1.02. The van der Waals surface area contributed by atoms with E-state index in [1.807, 2.05) is 0 Å². The summed E-state index contributed by atoms with van der Waals surface area (Å²) in [5, 5.41) is 0. The smallest absolute Gasteiger partial charge is 0.0502 e. The molecule has 0 radical (unpaired) electrons. The summed E-state index contributed by atoms with van der Waals surface area (Å²) in [6.45, 7) is 3.24. The van der Waals surface area contributed by atoms with E-state index in [0.29, 0.717) is 0 Å². The van der Waals surface area contributed by atoms with Gasteiger partial charge in [-0.25, -0.2) is 0 Å². The van der Waals surface area contributed by atoms with Crippen molar-refractivity contribution in [3.8, 4) is 0 Å². The third kappa shape index (κ3) is 2.72. The van der Waals surface area contributed by atoms with Gasteiger partial charge in [-0.15, -0.1) is 0 Å². The van der Waals surface area contributed by atoms with Gasteiger partial charge in [0.1, 0.15) is 0 Å². The molecule has 0 atom stereocenters. The van der Waals surface area contributed by atoms with Gasteiger partial charge >= 0.3 is 0 Å². The zero-order valence-electron chi connectivity index (χ0n) is 9.41. The van der Waals surface area contributed by atoms with Crippen molar-refractivity contribution in [2.45, 2.75) is 19.3 Å². The highest BCUT2D eigenvalue weighted by Crippen LogP contribution is 2.21. The van der Waals surface area contributed by atoms with Crippen LogP contribution in [0.5, 0.6) is 0 Å². The van der Waals surface area contributed by atoms with Crippen LogP contribution in [0.1, 0.15) is 18.4 Å². The summed E-state index contributed by atoms with van der Waals surface area (Å²) < 4.78 is 5.10. The molecule has 0 bridgehead atoms. The minimum Gasteiger partial charge on any atom is -0.384 e. The van der Waals surface area contributed by atoms with Crippen LogP contribution in [0, 0.1) is 0 Å². The van der Waals surface area contributed by atoms with Gasteiger partial charge in [-0.05, 0) is 37.0 Å². The molecule has 2 nitrogen and oxygen atoms in total. The van der Waals surface area contributed by atoms with E-state index in [1.54, 1.807) is 7.11 Å². The van der Waals surface area contributed by atoms with E-state index in [0.717, 1.165) is 13.0 Å². The first kappa shape index (κ1) is 10.5. The molecular formula is C13H19NO. The van der Waals surface area contributed by atoms with Gasteiger partial charge < -0.3 is 9.64 Å². The van der Waals surface area contributed by atoms with Gasteiger partial charge in [0.25, 0.3) is 0 Å². The van der Waals surface area contributed by atoms with Crippen LogP contribution in [-0.2, 0) is 11.2 Å². The van der Waals surface area contributed by atoms with Crippen molar-refractivity contribution in [1.82, 2.24) is 0 Å². The average Bonchev–Trinajstić information content (AvgIpc) is 2.80. The molecule has 1 aliphatic rings. The lowest BCUT2D eigenvalue weighted by Gasteiger charge is -2.18. The molecule has 1 aromatic carbocycles. The first-order valence-electron chi connectivity index (χ1n) is 5.73. The number of rotatable bonds is 4. The standard InChI is InChI=1S/C13H19NO/c1-15-10-7-12-5-4-6-13(11-12)14-8-2-3-9-14/h4-6,11H,2-3,7-10H2,1H3. The van der Waals surface area contributed by atoms with E-state index in [9.17, 15) is 0 Å². The van der Waals surface area contributed by atoms with E-state index >= 15 is 0 Å². The molecule has 0 saturated carbocycles. The van der Waals surface area contributed by atoms with E-state index in [4.69, 9.17) is 4.74 Å². The Balaban J connectivity index is 2.04. The predicted molar refractivity (Wildman–Crippen MR) is 63.5 cm³/mol. The number of nitrogens with zero attached hydrogens (tertiary/aromatic N) is 1. The Morgan fingerprint density at radius 3 is 2.80 bits per heavy atom. The summed E-state index contributed by atoms with van der Waals surface area (Å²) in [6.07, 6.45) is 3.68. The molecule has 1 aromatic rings. The molecule has 0 amide bonds. The Morgan fingerprint density at radius 2 is 2.07 bits per heavy atom. The van der Waals surface area contributed by atoms with E-state index in [2.05, 4.69) is 29.2 Å². The second-order valence-corrected chi connectivity index (χ2v) is 4.11. The zero-order valence-corrected chi connectivity index (χ0v) is 9.41. The second kappa shape index (κ2) is 5.17. The lowest BCUT2D eigenvalue weighted by molar-refractivity contribution is 0.202. The van der Waals surface area contributed by atoms with Crippen molar-refractivity contribution in [2.75, 3.05) is 31.7 Å². The summed E-state index contributed by atoms with van der Waals surface area (Å²) in [5.74, 6) is 0. The van der Waals surface area contributed by atoms with Crippen molar-refractivity contribution in [3.63, 3.8) is 0 Å². The lowest BCUT2D eigenvalue weighted by atomic mass is 10.1. The zero-order chi connectivity index (χ0) is 10.5. The summed E-state index contributed by atoms with van der Waals surface area (Å²) in [7, 11) is 1.75. The van der Waals surface area contributed by atoms with Crippen molar-refractivity contribution in [3.05, 3.63) is 29.8 Å². The van der Waals surface area contributed by atoms with E-state index in [-0.39, 0.29) is 0 Å². The molecule has 0 aliphatic carbocycles. The molecule has 1 heterocycles. The second-order valence-electron chi connectivity index (χ2n) is 4.11. The number of benzene rings is 1. The summed E-state index contributed by atoms with van der Waals surface area (Å²) in [4.78, 5) is 2.47. The minimum absolute atomic E-state index is 0.809. The molecule has 0 aromatic heterocycles. The van der Waals surface area contributed by atoms with Crippen LogP contribution < -0.4 is 4.90 Å². The highest BCUT2D eigenvalue weighted by molar-refractivity contribution is 5.49. The normalized spacial score (nSPS) is 15.9. The molecule has 0 N–H and O–H groups in total. The fourth-order valence-electron chi connectivity index (χ4n) is 2.10. The molecule has 82 valence electrons. The van der Waals surface area contributed by atoms with Crippen LogP contribution in [0.25, 0.3) is 0 Å². The Morgan fingerprint density at radius 1 is 1.27 bits per heavy atom. The molecule has 15 heavy (non-hydrogen) atoms. The van der Waals surface area contributed by atoms with Gasteiger partial charge in [-0.2, -0.15) is 0 Å². The molecule has 1 saturated heterocycles. The van der Waals surface area contributed by atoms with Crippen LogP contribution in [0.3, 0.4) is 0 Å². The molecule has 0 unspecified atom stereocenters. The number of hydrogen-bond donors (Lipinski definition) is 0. The summed E-state index contributed by atoms with van der Waals surface area (Å²) >= 11 is 0. The lowest BCUT2D eigenvalue weighted by Crippen LogP contribution is -2.17. The maximum atomic E-state index is 5.10. The van der Waals surface area contributed by atoms with Crippen LogP contribution >= 0.6 is 0 Å². The van der Waals surface area contributed by atoms with Crippen molar-refractivity contribution < 1.29 is 4.74 Å². The minimum atomic E-state index is 0.809. The van der Waals surface area contributed by atoms with Crippen molar-refractivity contribution in [2.24, 2.45) is 0 Å². The predicted octanol–water partition coefficient (Wildman–Crippen LogP) is 2.48. The number of anilines is 1. The molecule has 2 rings (SSSR count). The van der Waals surface area contributed by atoms with Gasteiger partial charge in [-0.3, -0.25) is 0 Å². The maximum Gasteiger partial charge on any atom is 0.0502 e. The summed E-state index contributed by atoms with van der Waals surface area (Å²) in [5.41, 5.74) is 2.75.